The van der Waals surface area contributed by atoms with Crippen LogP contribution in [0.3, 0.4) is 0 Å². The van der Waals surface area contributed by atoms with Crippen molar-refractivity contribution in [2.24, 2.45) is 0 Å². The molecule has 2 aromatic rings. The third-order valence-electron chi connectivity index (χ3n) is 3.29. The maximum Gasteiger partial charge on any atom is 0.355 e. The number of nitro benzene ring substituents is 1. The van der Waals surface area contributed by atoms with Crippen molar-refractivity contribution in [3.05, 3.63) is 57.4 Å². The number of hydrogen-bond donors (Lipinski definition) is 0. The lowest BCUT2D eigenvalue weighted by atomic mass is 10.1. The zero-order valence-corrected chi connectivity index (χ0v) is 13.4. The summed E-state index contributed by atoms with van der Waals surface area (Å²) in [5.41, 5.74) is 0.831. The first-order chi connectivity index (χ1) is 11.4. The Morgan fingerprint density at radius 3 is 2.54 bits per heavy atom. The number of carbonyl (C=O) groups excluding carboxylic acids is 2. The first-order valence-corrected chi connectivity index (χ1v) is 7.12. The van der Waals surface area contributed by atoms with Gasteiger partial charge < -0.3 is 14.0 Å². The standard InChI is InChI=1S/C16H16N2O6/c1-4-24-16(20)14-7-10(2)9-17(14)13-8-11(15(19)23-3)5-6-12(13)18(21)22/h5-9H,4H2,1-3H3. The average Bonchev–Trinajstić information content (AvgIpc) is 2.95. The predicted molar refractivity (Wildman–Crippen MR) is 84.5 cm³/mol. The number of nitro groups is 1. The van der Waals surface area contributed by atoms with Crippen molar-refractivity contribution in [2.75, 3.05) is 13.7 Å². The van der Waals surface area contributed by atoms with Gasteiger partial charge in [0, 0.05) is 12.3 Å². The molecular formula is C16H16N2O6. The van der Waals surface area contributed by atoms with Gasteiger partial charge in [-0.15, -0.1) is 0 Å². The maximum atomic E-state index is 12.1. The predicted octanol–water partition coefficient (Wildman–Crippen LogP) is 2.66. The molecule has 0 amide bonds. The molecule has 0 N–H and O–H groups in total. The van der Waals surface area contributed by atoms with E-state index in [4.69, 9.17) is 4.74 Å². The van der Waals surface area contributed by atoms with Gasteiger partial charge in [-0.25, -0.2) is 9.59 Å². The molecule has 126 valence electrons. The van der Waals surface area contributed by atoms with E-state index in [1.165, 1.54) is 29.9 Å². The van der Waals surface area contributed by atoms with Gasteiger partial charge in [-0.2, -0.15) is 0 Å². The van der Waals surface area contributed by atoms with Crippen molar-refractivity contribution in [2.45, 2.75) is 13.8 Å². The summed E-state index contributed by atoms with van der Waals surface area (Å²) in [6.45, 7) is 3.58. The third-order valence-corrected chi connectivity index (χ3v) is 3.29. The van der Waals surface area contributed by atoms with Crippen LogP contribution in [0.4, 0.5) is 5.69 Å². The highest BCUT2D eigenvalue weighted by Gasteiger charge is 2.23. The van der Waals surface area contributed by atoms with Crippen LogP contribution in [-0.2, 0) is 9.47 Å². The summed E-state index contributed by atoms with van der Waals surface area (Å²) in [6, 6.07) is 5.37. The van der Waals surface area contributed by atoms with Gasteiger partial charge in [0.1, 0.15) is 11.4 Å². The molecule has 0 aliphatic heterocycles. The van der Waals surface area contributed by atoms with E-state index in [1.54, 1.807) is 26.1 Å². The van der Waals surface area contributed by atoms with E-state index in [-0.39, 0.29) is 29.2 Å². The summed E-state index contributed by atoms with van der Waals surface area (Å²) in [5, 5.41) is 11.3. The quantitative estimate of drug-likeness (QED) is 0.474. The Kier molecular flexibility index (Phi) is 4.98. The van der Waals surface area contributed by atoms with Crippen LogP contribution in [0.1, 0.15) is 33.3 Å². The zero-order chi connectivity index (χ0) is 17.9. The van der Waals surface area contributed by atoms with Gasteiger partial charge in [-0.3, -0.25) is 10.1 Å². The highest BCUT2D eigenvalue weighted by Crippen LogP contribution is 2.27. The van der Waals surface area contributed by atoms with Gasteiger partial charge in [-0.05, 0) is 37.6 Å². The normalized spacial score (nSPS) is 10.3. The number of carbonyl (C=O) groups is 2. The smallest absolute Gasteiger partial charge is 0.355 e. The molecule has 0 aliphatic carbocycles. The van der Waals surface area contributed by atoms with E-state index in [0.29, 0.717) is 0 Å². The molecule has 0 aliphatic rings. The van der Waals surface area contributed by atoms with Crippen molar-refractivity contribution >= 4 is 17.6 Å². The second-order valence-corrected chi connectivity index (χ2v) is 4.95. The molecule has 24 heavy (non-hydrogen) atoms. The zero-order valence-electron chi connectivity index (χ0n) is 13.4. The lowest BCUT2D eigenvalue weighted by Crippen LogP contribution is -2.12. The van der Waals surface area contributed by atoms with Crippen molar-refractivity contribution in [3.8, 4) is 5.69 Å². The van der Waals surface area contributed by atoms with Gasteiger partial charge in [0.25, 0.3) is 5.69 Å². The molecule has 0 unspecified atom stereocenters. The van der Waals surface area contributed by atoms with E-state index in [1.807, 2.05) is 0 Å². The third kappa shape index (κ3) is 3.27. The minimum atomic E-state index is -0.632. The number of hydrogen-bond acceptors (Lipinski definition) is 6. The minimum Gasteiger partial charge on any atom is -0.465 e. The van der Waals surface area contributed by atoms with Crippen LogP contribution in [0.25, 0.3) is 5.69 Å². The Labute approximate surface area is 137 Å². The molecule has 1 aromatic carbocycles. The number of methoxy groups -OCH3 is 1. The van der Waals surface area contributed by atoms with Gasteiger partial charge in [0.15, 0.2) is 0 Å². The van der Waals surface area contributed by atoms with Gasteiger partial charge in [0.05, 0.1) is 24.2 Å². The highest BCUT2D eigenvalue weighted by molar-refractivity contribution is 5.92. The fourth-order valence-corrected chi connectivity index (χ4v) is 2.27. The van der Waals surface area contributed by atoms with Crippen LogP contribution in [0, 0.1) is 17.0 Å². The number of aromatic nitrogens is 1. The molecular weight excluding hydrogens is 316 g/mol. The topological polar surface area (TPSA) is 101 Å². The van der Waals surface area contributed by atoms with Gasteiger partial charge in [-0.1, -0.05) is 0 Å². The van der Waals surface area contributed by atoms with Crippen LogP contribution in [0.15, 0.2) is 30.5 Å². The van der Waals surface area contributed by atoms with Crippen molar-refractivity contribution in [3.63, 3.8) is 0 Å². The van der Waals surface area contributed by atoms with Crippen molar-refractivity contribution in [1.82, 2.24) is 4.57 Å². The number of benzene rings is 1. The van der Waals surface area contributed by atoms with Crippen LogP contribution in [-0.4, -0.2) is 35.1 Å². The summed E-state index contributed by atoms with van der Waals surface area (Å²) in [6.07, 6.45) is 1.57. The Morgan fingerprint density at radius 2 is 1.96 bits per heavy atom. The average molecular weight is 332 g/mol. The van der Waals surface area contributed by atoms with Crippen LogP contribution in [0.5, 0.6) is 0 Å². The monoisotopic (exact) mass is 332 g/mol. The summed E-state index contributed by atoms with van der Waals surface area (Å²) in [7, 11) is 1.22. The molecule has 0 atom stereocenters. The van der Waals surface area contributed by atoms with Crippen LogP contribution >= 0.6 is 0 Å². The molecule has 0 radical (unpaired) electrons. The first kappa shape index (κ1) is 17.2. The number of ether oxygens (including phenoxy) is 2. The molecule has 0 saturated carbocycles. The molecule has 0 spiro atoms. The molecule has 2 rings (SSSR count). The molecule has 8 nitrogen and oxygen atoms in total. The maximum absolute atomic E-state index is 12.1. The summed E-state index contributed by atoms with van der Waals surface area (Å²) in [5.74, 6) is -1.24. The second-order valence-electron chi connectivity index (χ2n) is 4.95. The molecule has 0 saturated heterocycles. The molecule has 0 bridgehead atoms. The number of aryl methyl sites for hydroxylation is 1. The van der Waals surface area contributed by atoms with Gasteiger partial charge in [0.2, 0.25) is 0 Å². The molecule has 0 fully saturated rings. The second kappa shape index (κ2) is 6.95. The Morgan fingerprint density at radius 1 is 1.25 bits per heavy atom. The van der Waals surface area contributed by atoms with E-state index < -0.39 is 16.9 Å². The first-order valence-electron chi connectivity index (χ1n) is 7.12. The molecule has 1 aromatic heterocycles. The number of nitrogens with zero attached hydrogens (tertiary/aromatic N) is 2. The Hall–Kier alpha value is -3.16. The lowest BCUT2D eigenvalue weighted by molar-refractivity contribution is -0.384. The summed E-state index contributed by atoms with van der Waals surface area (Å²) in [4.78, 5) is 34.6. The largest absolute Gasteiger partial charge is 0.465 e. The summed E-state index contributed by atoms with van der Waals surface area (Å²) < 4.78 is 11.0. The number of esters is 2. The minimum absolute atomic E-state index is 0.0825. The fourth-order valence-electron chi connectivity index (χ4n) is 2.27. The van der Waals surface area contributed by atoms with Crippen LogP contribution in [0.2, 0.25) is 0 Å². The Bertz CT molecular complexity index is 809. The van der Waals surface area contributed by atoms with E-state index >= 15 is 0 Å². The lowest BCUT2D eigenvalue weighted by Gasteiger charge is -2.10. The molecule has 1 heterocycles. The van der Waals surface area contributed by atoms with E-state index in [9.17, 15) is 19.7 Å². The van der Waals surface area contributed by atoms with Crippen LogP contribution < -0.4 is 0 Å². The SMILES string of the molecule is CCOC(=O)c1cc(C)cn1-c1cc(C(=O)OC)ccc1[N+](=O)[O-]. The van der Waals surface area contributed by atoms with Crippen molar-refractivity contribution in [1.29, 1.82) is 0 Å². The summed E-state index contributed by atoms with van der Waals surface area (Å²) >= 11 is 0. The highest BCUT2D eigenvalue weighted by atomic mass is 16.6. The van der Waals surface area contributed by atoms with Gasteiger partial charge >= 0.3 is 11.9 Å². The number of rotatable bonds is 5. The fraction of sp³-hybridized carbons (Fsp3) is 0.250. The Balaban J connectivity index is 2.68. The molecule has 8 heteroatoms. The van der Waals surface area contributed by atoms with Crippen molar-refractivity contribution < 1.29 is 24.0 Å². The van der Waals surface area contributed by atoms with E-state index in [0.717, 1.165) is 5.56 Å². The van der Waals surface area contributed by atoms with E-state index in [2.05, 4.69) is 4.74 Å².